The van der Waals surface area contributed by atoms with Gasteiger partial charge in [0.05, 0.1) is 0 Å². The van der Waals surface area contributed by atoms with E-state index in [-0.39, 0.29) is 11.8 Å². The first kappa shape index (κ1) is 8.85. The van der Waals surface area contributed by atoms with E-state index < -0.39 is 0 Å². The Kier molecular flexibility index (Phi) is 2.18. The molecule has 1 atom stereocenters. The van der Waals surface area contributed by atoms with E-state index in [0.29, 0.717) is 10.9 Å². The largest absolute Gasteiger partial charge is 0.508 e. The fraction of sp³-hybridized carbons (Fsp3) is 0.400. The maximum atomic E-state index is 9.54. The summed E-state index contributed by atoms with van der Waals surface area (Å²) in [5.74, 6) is 0.785. The van der Waals surface area contributed by atoms with Gasteiger partial charge < -0.3 is 10.8 Å². The summed E-state index contributed by atoms with van der Waals surface area (Å²) in [5, 5.41) is 10.2. The average molecular weight is 198 g/mol. The van der Waals surface area contributed by atoms with Gasteiger partial charge in [-0.25, -0.2) is 0 Å². The van der Waals surface area contributed by atoms with Gasteiger partial charge in [0.25, 0.3) is 0 Å². The van der Waals surface area contributed by atoms with Crippen molar-refractivity contribution in [3.8, 4) is 5.75 Å². The molecular formula is C10H12ClNO. The number of phenols is 1. The van der Waals surface area contributed by atoms with Crippen molar-refractivity contribution in [1.29, 1.82) is 0 Å². The summed E-state index contributed by atoms with van der Waals surface area (Å²) >= 11 is 5.82. The van der Waals surface area contributed by atoms with Crippen LogP contribution >= 0.6 is 11.6 Å². The highest BCUT2D eigenvalue weighted by Crippen LogP contribution is 2.42. The molecule has 0 aliphatic heterocycles. The summed E-state index contributed by atoms with van der Waals surface area (Å²) in [6.07, 6.45) is 2.32. The Balaban J connectivity index is 2.31. The van der Waals surface area contributed by atoms with Crippen molar-refractivity contribution in [1.82, 2.24) is 0 Å². The maximum absolute atomic E-state index is 9.54. The Hall–Kier alpha value is -0.730. The van der Waals surface area contributed by atoms with Crippen molar-refractivity contribution in [3.63, 3.8) is 0 Å². The van der Waals surface area contributed by atoms with E-state index in [4.69, 9.17) is 17.3 Å². The predicted molar refractivity (Wildman–Crippen MR) is 52.8 cm³/mol. The highest BCUT2D eigenvalue weighted by molar-refractivity contribution is 6.30. The second-order valence-electron chi connectivity index (χ2n) is 3.57. The van der Waals surface area contributed by atoms with Crippen LogP contribution in [0.1, 0.15) is 24.4 Å². The van der Waals surface area contributed by atoms with Crippen molar-refractivity contribution in [2.24, 2.45) is 11.7 Å². The molecule has 2 nitrogen and oxygen atoms in total. The smallest absolute Gasteiger partial charge is 0.120 e. The van der Waals surface area contributed by atoms with E-state index in [1.54, 1.807) is 18.2 Å². The molecule has 0 saturated heterocycles. The van der Waals surface area contributed by atoms with Gasteiger partial charge in [-0.05, 0) is 37.0 Å². The number of hydrogen-bond acceptors (Lipinski definition) is 2. The first-order valence-electron chi connectivity index (χ1n) is 4.42. The van der Waals surface area contributed by atoms with Gasteiger partial charge in [-0.2, -0.15) is 0 Å². The van der Waals surface area contributed by atoms with Crippen LogP contribution in [-0.4, -0.2) is 5.11 Å². The number of halogens is 1. The topological polar surface area (TPSA) is 46.2 Å². The third kappa shape index (κ3) is 1.79. The van der Waals surface area contributed by atoms with Gasteiger partial charge >= 0.3 is 0 Å². The summed E-state index contributed by atoms with van der Waals surface area (Å²) in [5.41, 5.74) is 6.72. The highest BCUT2D eigenvalue weighted by Gasteiger charge is 2.30. The van der Waals surface area contributed by atoms with Crippen molar-refractivity contribution in [2.45, 2.75) is 18.9 Å². The van der Waals surface area contributed by atoms with Crippen LogP contribution in [0, 0.1) is 5.92 Å². The fourth-order valence-corrected chi connectivity index (χ4v) is 1.68. The molecule has 1 saturated carbocycles. The summed E-state index contributed by atoms with van der Waals surface area (Å²) in [7, 11) is 0. The van der Waals surface area contributed by atoms with Crippen LogP contribution in [0.2, 0.25) is 5.02 Å². The quantitative estimate of drug-likeness (QED) is 0.765. The van der Waals surface area contributed by atoms with Crippen molar-refractivity contribution in [2.75, 3.05) is 0 Å². The normalized spacial score (nSPS) is 18.6. The minimum absolute atomic E-state index is 0.0568. The van der Waals surface area contributed by atoms with Gasteiger partial charge in [0, 0.05) is 16.6 Å². The van der Waals surface area contributed by atoms with E-state index in [1.165, 1.54) is 0 Å². The van der Waals surface area contributed by atoms with Crippen LogP contribution in [-0.2, 0) is 0 Å². The third-order valence-electron chi connectivity index (χ3n) is 2.48. The molecule has 1 aliphatic carbocycles. The van der Waals surface area contributed by atoms with Gasteiger partial charge in [0.2, 0.25) is 0 Å². The zero-order valence-corrected chi connectivity index (χ0v) is 7.96. The molecular weight excluding hydrogens is 186 g/mol. The van der Waals surface area contributed by atoms with Gasteiger partial charge in [0.15, 0.2) is 0 Å². The van der Waals surface area contributed by atoms with Crippen LogP contribution in [0.25, 0.3) is 0 Å². The lowest BCUT2D eigenvalue weighted by Crippen LogP contribution is -2.12. The SMILES string of the molecule is N[C@H](c1cc(Cl)ccc1O)C1CC1. The number of rotatable bonds is 2. The van der Waals surface area contributed by atoms with Crippen molar-refractivity contribution in [3.05, 3.63) is 28.8 Å². The Morgan fingerprint density at radius 3 is 2.77 bits per heavy atom. The summed E-state index contributed by atoms with van der Waals surface area (Å²) in [4.78, 5) is 0. The lowest BCUT2D eigenvalue weighted by atomic mass is 10.0. The lowest BCUT2D eigenvalue weighted by molar-refractivity contribution is 0.456. The Labute approximate surface area is 82.3 Å². The molecule has 1 aromatic carbocycles. The fourth-order valence-electron chi connectivity index (χ4n) is 1.50. The van der Waals surface area contributed by atoms with Crippen LogP contribution in [0.3, 0.4) is 0 Å². The number of benzene rings is 1. The molecule has 0 unspecified atom stereocenters. The molecule has 1 fully saturated rings. The highest BCUT2D eigenvalue weighted by atomic mass is 35.5. The summed E-state index contributed by atoms with van der Waals surface area (Å²) in [6.45, 7) is 0. The van der Waals surface area contributed by atoms with E-state index >= 15 is 0 Å². The van der Waals surface area contributed by atoms with Crippen LogP contribution in [0.5, 0.6) is 5.75 Å². The van der Waals surface area contributed by atoms with E-state index in [0.717, 1.165) is 18.4 Å². The summed E-state index contributed by atoms with van der Waals surface area (Å²) in [6, 6.07) is 4.96. The third-order valence-corrected chi connectivity index (χ3v) is 2.71. The molecule has 2 rings (SSSR count). The molecule has 13 heavy (non-hydrogen) atoms. The zero-order chi connectivity index (χ0) is 9.42. The van der Waals surface area contributed by atoms with Crippen LogP contribution < -0.4 is 5.73 Å². The first-order chi connectivity index (χ1) is 6.18. The van der Waals surface area contributed by atoms with E-state index in [2.05, 4.69) is 0 Å². The first-order valence-corrected chi connectivity index (χ1v) is 4.80. The van der Waals surface area contributed by atoms with Gasteiger partial charge in [-0.3, -0.25) is 0 Å². The predicted octanol–water partition coefficient (Wildman–Crippen LogP) is 2.46. The molecule has 0 aromatic heterocycles. The van der Waals surface area contributed by atoms with E-state index in [9.17, 15) is 5.11 Å². The molecule has 0 radical (unpaired) electrons. The Bertz CT molecular complexity index is 323. The van der Waals surface area contributed by atoms with Crippen molar-refractivity contribution < 1.29 is 5.11 Å². The van der Waals surface area contributed by atoms with Gasteiger partial charge in [-0.15, -0.1) is 0 Å². The van der Waals surface area contributed by atoms with Gasteiger partial charge in [-0.1, -0.05) is 11.6 Å². The van der Waals surface area contributed by atoms with E-state index in [1.807, 2.05) is 0 Å². The molecule has 0 spiro atoms. The minimum atomic E-state index is -0.0568. The average Bonchev–Trinajstić information content (AvgIpc) is 2.91. The molecule has 0 bridgehead atoms. The lowest BCUT2D eigenvalue weighted by Gasteiger charge is -2.12. The molecule has 3 heteroatoms. The second-order valence-corrected chi connectivity index (χ2v) is 4.00. The van der Waals surface area contributed by atoms with Crippen LogP contribution in [0.4, 0.5) is 0 Å². The number of nitrogens with two attached hydrogens (primary N) is 1. The monoisotopic (exact) mass is 197 g/mol. The number of aromatic hydroxyl groups is 1. The molecule has 70 valence electrons. The number of phenolic OH excluding ortho intramolecular Hbond substituents is 1. The maximum Gasteiger partial charge on any atom is 0.120 e. The standard InChI is InChI=1S/C10H12ClNO/c11-7-3-4-9(13)8(5-7)10(12)6-1-2-6/h3-6,10,13H,1-2,12H2/t10-/m0/s1. The Morgan fingerprint density at radius 2 is 2.15 bits per heavy atom. The summed E-state index contributed by atoms with van der Waals surface area (Å²) < 4.78 is 0. The van der Waals surface area contributed by atoms with Crippen molar-refractivity contribution >= 4 is 11.6 Å². The number of hydrogen-bond donors (Lipinski definition) is 2. The van der Waals surface area contributed by atoms with Crippen LogP contribution in [0.15, 0.2) is 18.2 Å². The molecule has 0 amide bonds. The Morgan fingerprint density at radius 1 is 1.46 bits per heavy atom. The molecule has 3 N–H and O–H groups in total. The molecule has 1 aromatic rings. The minimum Gasteiger partial charge on any atom is -0.508 e. The zero-order valence-electron chi connectivity index (χ0n) is 7.20. The van der Waals surface area contributed by atoms with Gasteiger partial charge in [0.1, 0.15) is 5.75 Å². The molecule has 0 heterocycles. The second kappa shape index (κ2) is 3.20. The molecule has 1 aliphatic rings.